The highest BCUT2D eigenvalue weighted by Gasteiger charge is 2.38. The third-order valence-corrected chi connectivity index (χ3v) is 3.87. The fraction of sp³-hybridized carbons (Fsp3) is 0.375. The Hall–Kier alpha value is -2.88. The van der Waals surface area contributed by atoms with Crippen molar-refractivity contribution in [3.8, 4) is 23.5 Å². The summed E-state index contributed by atoms with van der Waals surface area (Å²) in [5.41, 5.74) is 1.96. The Kier molecular flexibility index (Phi) is 3.98. The number of hydrogen-bond donors (Lipinski definition) is 2. The van der Waals surface area contributed by atoms with Gasteiger partial charge in [-0.15, -0.1) is 12.3 Å². The van der Waals surface area contributed by atoms with Crippen molar-refractivity contribution in [3.63, 3.8) is 0 Å². The molecule has 3 rings (SSSR count). The standard InChI is InChI=1S/C16H18N6O/c1-3-4-5-16(20-21-16)6-7-18-15(23)14-10-17-9-13(14)12-8-19-22(2)11-12/h1,8-11,17H,4-7H2,2H3,(H,18,23). The monoisotopic (exact) mass is 310 g/mol. The number of nitrogens with zero attached hydrogens (tertiary/aromatic N) is 4. The van der Waals surface area contributed by atoms with E-state index >= 15 is 0 Å². The van der Waals surface area contributed by atoms with Crippen LogP contribution >= 0.6 is 0 Å². The molecule has 0 bridgehead atoms. The zero-order chi connectivity index (χ0) is 16.3. The molecule has 2 N–H and O–H groups in total. The molecule has 0 atom stereocenters. The number of rotatable bonds is 7. The summed E-state index contributed by atoms with van der Waals surface area (Å²) < 4.78 is 1.70. The average Bonchev–Trinajstić information content (AvgIpc) is 2.95. The van der Waals surface area contributed by atoms with E-state index in [0.29, 0.717) is 24.9 Å². The van der Waals surface area contributed by atoms with Gasteiger partial charge in [0.1, 0.15) is 0 Å². The number of H-pyrrole nitrogens is 1. The Labute approximate surface area is 134 Å². The van der Waals surface area contributed by atoms with Crippen LogP contribution in [-0.4, -0.2) is 32.9 Å². The van der Waals surface area contributed by atoms with Crippen molar-refractivity contribution in [1.82, 2.24) is 20.1 Å². The van der Waals surface area contributed by atoms with E-state index in [9.17, 15) is 4.79 Å². The molecule has 3 heterocycles. The van der Waals surface area contributed by atoms with E-state index in [1.807, 2.05) is 13.2 Å². The van der Waals surface area contributed by atoms with Crippen molar-refractivity contribution in [1.29, 1.82) is 0 Å². The van der Waals surface area contributed by atoms with Crippen LogP contribution in [-0.2, 0) is 7.05 Å². The predicted octanol–water partition coefficient (Wildman–Crippen LogP) is 2.11. The predicted molar refractivity (Wildman–Crippen MR) is 85.6 cm³/mol. The van der Waals surface area contributed by atoms with Gasteiger partial charge in [-0.05, 0) is 0 Å². The number of nitrogens with one attached hydrogen (secondary N) is 2. The first kappa shape index (κ1) is 15.0. The lowest BCUT2D eigenvalue weighted by molar-refractivity contribution is 0.0952. The van der Waals surface area contributed by atoms with Crippen LogP contribution in [0, 0.1) is 12.3 Å². The molecule has 2 aromatic heterocycles. The highest BCUT2D eigenvalue weighted by atomic mass is 16.1. The van der Waals surface area contributed by atoms with Crippen LogP contribution < -0.4 is 5.32 Å². The Morgan fingerprint density at radius 1 is 1.43 bits per heavy atom. The summed E-state index contributed by atoms with van der Waals surface area (Å²) in [6.45, 7) is 0.508. The van der Waals surface area contributed by atoms with E-state index < -0.39 is 0 Å². The summed E-state index contributed by atoms with van der Waals surface area (Å²) in [6, 6.07) is 0. The molecule has 0 saturated carbocycles. The summed E-state index contributed by atoms with van der Waals surface area (Å²) in [5.74, 6) is 2.47. The van der Waals surface area contributed by atoms with Gasteiger partial charge in [0, 0.05) is 62.6 Å². The lowest BCUT2D eigenvalue weighted by atomic mass is 10.0. The molecule has 2 aromatic rings. The highest BCUT2D eigenvalue weighted by molar-refractivity contribution is 6.00. The molecular formula is C16H18N6O. The third-order valence-electron chi connectivity index (χ3n) is 3.87. The molecule has 0 aromatic carbocycles. The minimum Gasteiger partial charge on any atom is -0.366 e. The maximum Gasteiger partial charge on any atom is 0.253 e. The second-order valence-electron chi connectivity index (χ2n) is 5.58. The van der Waals surface area contributed by atoms with Crippen molar-refractivity contribution in [3.05, 3.63) is 30.4 Å². The second-order valence-corrected chi connectivity index (χ2v) is 5.58. The Morgan fingerprint density at radius 3 is 2.91 bits per heavy atom. The molecular weight excluding hydrogens is 292 g/mol. The molecule has 7 nitrogen and oxygen atoms in total. The molecule has 0 fully saturated rings. The molecule has 1 amide bonds. The maximum atomic E-state index is 12.4. The van der Waals surface area contributed by atoms with Crippen molar-refractivity contribution in [2.75, 3.05) is 6.54 Å². The third kappa shape index (κ3) is 3.31. The van der Waals surface area contributed by atoms with Crippen LogP contribution in [0.15, 0.2) is 35.0 Å². The van der Waals surface area contributed by atoms with Crippen LogP contribution in [0.2, 0.25) is 0 Å². The van der Waals surface area contributed by atoms with E-state index in [1.54, 1.807) is 23.3 Å². The second kappa shape index (κ2) is 6.08. The van der Waals surface area contributed by atoms with Gasteiger partial charge in [-0.2, -0.15) is 15.3 Å². The van der Waals surface area contributed by atoms with Crippen LogP contribution in [0.1, 0.15) is 29.6 Å². The van der Waals surface area contributed by atoms with Crippen molar-refractivity contribution >= 4 is 5.91 Å². The van der Waals surface area contributed by atoms with E-state index in [4.69, 9.17) is 6.42 Å². The molecule has 0 aliphatic carbocycles. The first-order chi connectivity index (χ1) is 11.1. The van der Waals surface area contributed by atoms with Gasteiger partial charge >= 0.3 is 0 Å². The van der Waals surface area contributed by atoms with Crippen molar-refractivity contribution in [2.24, 2.45) is 17.3 Å². The Morgan fingerprint density at radius 2 is 2.26 bits per heavy atom. The quantitative estimate of drug-likeness (QED) is 0.767. The zero-order valence-corrected chi connectivity index (χ0v) is 12.9. The van der Waals surface area contributed by atoms with Crippen LogP contribution in [0.5, 0.6) is 0 Å². The molecule has 1 aliphatic heterocycles. The molecule has 0 unspecified atom stereocenters. The number of terminal acetylenes is 1. The summed E-state index contributed by atoms with van der Waals surface area (Å²) in [6.07, 6.45) is 14.4. The van der Waals surface area contributed by atoms with Gasteiger partial charge in [0.05, 0.1) is 11.8 Å². The minimum atomic E-state index is -0.371. The van der Waals surface area contributed by atoms with E-state index in [1.165, 1.54) is 0 Å². The number of aromatic amines is 1. The van der Waals surface area contributed by atoms with Gasteiger partial charge < -0.3 is 10.3 Å². The smallest absolute Gasteiger partial charge is 0.253 e. The van der Waals surface area contributed by atoms with Crippen molar-refractivity contribution < 1.29 is 4.79 Å². The topological polar surface area (TPSA) is 87.4 Å². The molecule has 0 spiro atoms. The summed E-state index contributed by atoms with van der Waals surface area (Å²) in [7, 11) is 1.84. The normalized spacial score (nSPS) is 14.4. The zero-order valence-electron chi connectivity index (χ0n) is 12.9. The minimum absolute atomic E-state index is 0.127. The van der Waals surface area contributed by atoms with Gasteiger partial charge in [-0.3, -0.25) is 9.48 Å². The van der Waals surface area contributed by atoms with E-state index in [2.05, 4.69) is 31.5 Å². The summed E-state index contributed by atoms with van der Waals surface area (Å²) >= 11 is 0. The summed E-state index contributed by atoms with van der Waals surface area (Å²) in [4.78, 5) is 15.4. The lowest BCUT2D eigenvalue weighted by Gasteiger charge is -2.10. The average molecular weight is 310 g/mol. The fourth-order valence-corrected chi connectivity index (χ4v) is 2.49. The molecule has 1 aliphatic rings. The molecule has 23 heavy (non-hydrogen) atoms. The molecule has 118 valence electrons. The maximum absolute atomic E-state index is 12.4. The van der Waals surface area contributed by atoms with E-state index in [-0.39, 0.29) is 11.6 Å². The Balaban J connectivity index is 1.58. The first-order valence-corrected chi connectivity index (χ1v) is 7.45. The number of carbonyl (C=O) groups is 1. The van der Waals surface area contributed by atoms with Gasteiger partial charge in [0.25, 0.3) is 5.91 Å². The van der Waals surface area contributed by atoms with Gasteiger partial charge in [0.2, 0.25) is 0 Å². The lowest BCUT2D eigenvalue weighted by Crippen LogP contribution is -2.28. The van der Waals surface area contributed by atoms with Gasteiger partial charge in [0.15, 0.2) is 5.66 Å². The molecule has 7 heteroatoms. The van der Waals surface area contributed by atoms with Crippen molar-refractivity contribution in [2.45, 2.75) is 24.9 Å². The summed E-state index contributed by atoms with van der Waals surface area (Å²) in [5, 5.41) is 15.2. The van der Waals surface area contributed by atoms with E-state index in [0.717, 1.165) is 17.5 Å². The molecule has 0 saturated heterocycles. The first-order valence-electron chi connectivity index (χ1n) is 7.45. The highest BCUT2D eigenvalue weighted by Crippen LogP contribution is 2.36. The van der Waals surface area contributed by atoms with Crippen LogP contribution in [0.25, 0.3) is 11.1 Å². The van der Waals surface area contributed by atoms with Gasteiger partial charge in [-0.1, -0.05) is 0 Å². The Bertz CT molecular complexity index is 773. The fourth-order valence-electron chi connectivity index (χ4n) is 2.49. The number of amides is 1. The number of hydrogen-bond acceptors (Lipinski definition) is 4. The van der Waals surface area contributed by atoms with Gasteiger partial charge in [-0.25, -0.2) is 0 Å². The SMILES string of the molecule is C#CCCC1(CCNC(=O)c2c[nH]cc2-c2cnn(C)c2)N=N1. The largest absolute Gasteiger partial charge is 0.366 e. The molecule has 0 radical (unpaired) electrons. The number of carbonyl (C=O) groups excluding carboxylic acids is 1. The van der Waals surface area contributed by atoms with Crippen LogP contribution in [0.4, 0.5) is 0 Å². The number of aryl methyl sites for hydroxylation is 1. The van der Waals surface area contributed by atoms with Crippen LogP contribution in [0.3, 0.4) is 0 Å². The number of aromatic nitrogens is 3.